The molecule has 1 N–H and O–H groups in total. The molecular formula is C18H16ClN3O2. The predicted octanol–water partition coefficient (Wildman–Crippen LogP) is 4.10. The number of methoxy groups -OCH3 is 1. The van der Waals surface area contributed by atoms with E-state index < -0.39 is 0 Å². The molecule has 0 spiro atoms. The van der Waals surface area contributed by atoms with Crippen LogP contribution in [0.15, 0.2) is 54.6 Å². The topological polar surface area (TPSA) is 56.1 Å². The summed E-state index contributed by atoms with van der Waals surface area (Å²) in [7, 11) is 1.53. The molecule has 0 radical (unpaired) electrons. The summed E-state index contributed by atoms with van der Waals surface area (Å²) in [6.45, 7) is 1.86. The lowest BCUT2D eigenvalue weighted by Crippen LogP contribution is -2.16. The highest BCUT2D eigenvalue weighted by Gasteiger charge is 2.15. The van der Waals surface area contributed by atoms with Crippen LogP contribution < -0.4 is 10.1 Å². The maximum atomic E-state index is 12.6. The molecule has 0 fully saturated rings. The van der Waals surface area contributed by atoms with Crippen LogP contribution in [0.5, 0.6) is 5.75 Å². The number of aryl methyl sites for hydroxylation is 1. The number of anilines is 1. The fraction of sp³-hybridized carbons (Fsp3) is 0.111. The number of ether oxygens (including phenoxy) is 1. The number of benzene rings is 2. The molecule has 0 unspecified atom stereocenters. The van der Waals surface area contributed by atoms with Crippen molar-refractivity contribution in [2.75, 3.05) is 12.4 Å². The van der Waals surface area contributed by atoms with Crippen molar-refractivity contribution in [1.82, 2.24) is 9.78 Å². The van der Waals surface area contributed by atoms with Gasteiger partial charge >= 0.3 is 0 Å². The van der Waals surface area contributed by atoms with E-state index in [1.807, 2.05) is 25.1 Å². The second-order valence-corrected chi connectivity index (χ2v) is 5.65. The molecule has 0 aliphatic heterocycles. The number of aromatic nitrogens is 2. The standard InChI is InChI=1S/C18H16ClN3O2/c1-12-10-17(22(21-12)14-7-5-6-13(19)11-14)20-18(23)15-8-3-4-9-16(15)24-2/h3-11H,1-2H3,(H,20,23). The van der Waals surface area contributed by atoms with Crippen molar-refractivity contribution >= 4 is 23.3 Å². The van der Waals surface area contributed by atoms with Crippen molar-refractivity contribution in [3.05, 3.63) is 70.9 Å². The molecule has 0 atom stereocenters. The number of nitrogens with zero attached hydrogens (tertiary/aromatic N) is 2. The molecule has 0 aliphatic carbocycles. The van der Waals surface area contributed by atoms with Crippen LogP contribution in [0, 0.1) is 6.92 Å². The molecule has 3 aromatic rings. The Morgan fingerprint density at radius 3 is 2.71 bits per heavy atom. The minimum absolute atomic E-state index is 0.268. The SMILES string of the molecule is COc1ccccc1C(=O)Nc1cc(C)nn1-c1cccc(Cl)c1. The third-order valence-electron chi connectivity index (χ3n) is 3.48. The highest BCUT2D eigenvalue weighted by Crippen LogP contribution is 2.23. The second kappa shape index (κ2) is 6.76. The number of nitrogens with one attached hydrogen (secondary N) is 1. The molecule has 3 rings (SSSR count). The fourth-order valence-corrected chi connectivity index (χ4v) is 2.59. The first-order valence-electron chi connectivity index (χ1n) is 7.35. The molecule has 122 valence electrons. The first-order valence-corrected chi connectivity index (χ1v) is 7.73. The molecule has 5 nitrogen and oxygen atoms in total. The van der Waals surface area contributed by atoms with Crippen LogP contribution in [0.3, 0.4) is 0 Å². The lowest BCUT2D eigenvalue weighted by molar-refractivity contribution is 0.102. The minimum Gasteiger partial charge on any atom is -0.496 e. The van der Waals surface area contributed by atoms with E-state index in [0.717, 1.165) is 11.4 Å². The average molecular weight is 342 g/mol. The van der Waals surface area contributed by atoms with Gasteiger partial charge in [-0.3, -0.25) is 4.79 Å². The molecule has 0 bridgehead atoms. The van der Waals surface area contributed by atoms with Crippen molar-refractivity contribution in [2.24, 2.45) is 0 Å². The van der Waals surface area contributed by atoms with Crippen LogP contribution in [0.4, 0.5) is 5.82 Å². The van der Waals surface area contributed by atoms with Gasteiger partial charge in [-0.1, -0.05) is 29.8 Å². The highest BCUT2D eigenvalue weighted by atomic mass is 35.5. The summed E-state index contributed by atoms with van der Waals surface area (Å²) in [4.78, 5) is 12.6. The van der Waals surface area contributed by atoms with Gasteiger partial charge in [0.25, 0.3) is 5.91 Å². The summed E-state index contributed by atoms with van der Waals surface area (Å²) in [5, 5.41) is 7.90. The van der Waals surface area contributed by atoms with Gasteiger partial charge in [0.2, 0.25) is 0 Å². The summed E-state index contributed by atoms with van der Waals surface area (Å²) >= 11 is 6.05. The number of amides is 1. The van der Waals surface area contributed by atoms with E-state index in [2.05, 4.69) is 10.4 Å². The highest BCUT2D eigenvalue weighted by molar-refractivity contribution is 6.30. The number of rotatable bonds is 4. The first-order chi connectivity index (χ1) is 11.6. The normalized spacial score (nSPS) is 10.5. The van der Waals surface area contributed by atoms with E-state index in [9.17, 15) is 4.79 Å². The van der Waals surface area contributed by atoms with Crippen LogP contribution in [-0.4, -0.2) is 22.8 Å². The van der Waals surface area contributed by atoms with Crippen molar-refractivity contribution in [3.63, 3.8) is 0 Å². The number of halogens is 1. The van der Waals surface area contributed by atoms with Crippen LogP contribution in [0.1, 0.15) is 16.1 Å². The van der Waals surface area contributed by atoms with E-state index in [-0.39, 0.29) is 5.91 Å². The number of para-hydroxylation sites is 1. The van der Waals surface area contributed by atoms with E-state index in [0.29, 0.717) is 22.2 Å². The van der Waals surface area contributed by atoms with Crippen molar-refractivity contribution in [1.29, 1.82) is 0 Å². The molecule has 0 saturated carbocycles. The van der Waals surface area contributed by atoms with Crippen LogP contribution in [-0.2, 0) is 0 Å². The van der Waals surface area contributed by atoms with Crippen molar-refractivity contribution in [2.45, 2.75) is 6.92 Å². The zero-order valence-corrected chi connectivity index (χ0v) is 14.0. The van der Waals surface area contributed by atoms with Gasteiger partial charge in [-0.05, 0) is 37.3 Å². The van der Waals surface area contributed by atoms with Crippen LogP contribution >= 0.6 is 11.6 Å². The Bertz CT molecular complexity index is 889. The van der Waals surface area contributed by atoms with Gasteiger partial charge in [0.1, 0.15) is 11.6 Å². The zero-order valence-electron chi connectivity index (χ0n) is 13.3. The Balaban J connectivity index is 1.95. The summed E-state index contributed by atoms with van der Waals surface area (Å²) in [5.41, 5.74) is 2.01. The van der Waals surface area contributed by atoms with Crippen LogP contribution in [0.2, 0.25) is 5.02 Å². The Labute approximate surface area is 144 Å². The number of hydrogen-bond acceptors (Lipinski definition) is 3. The average Bonchev–Trinajstić information content (AvgIpc) is 2.95. The third kappa shape index (κ3) is 3.26. The molecule has 0 saturated heterocycles. The van der Waals surface area contributed by atoms with Gasteiger partial charge in [-0.15, -0.1) is 0 Å². The lowest BCUT2D eigenvalue weighted by Gasteiger charge is -2.11. The molecule has 1 heterocycles. The quantitative estimate of drug-likeness (QED) is 0.777. The molecule has 24 heavy (non-hydrogen) atoms. The molecular weight excluding hydrogens is 326 g/mol. The van der Waals surface area contributed by atoms with Gasteiger partial charge in [0.05, 0.1) is 24.1 Å². The summed E-state index contributed by atoms with van der Waals surface area (Å²) in [6, 6.07) is 16.1. The monoisotopic (exact) mass is 341 g/mol. The Kier molecular flexibility index (Phi) is 4.53. The first kappa shape index (κ1) is 16.1. The number of hydrogen-bond donors (Lipinski definition) is 1. The van der Waals surface area contributed by atoms with E-state index in [4.69, 9.17) is 16.3 Å². The van der Waals surface area contributed by atoms with Gasteiger partial charge in [0, 0.05) is 11.1 Å². The smallest absolute Gasteiger partial charge is 0.260 e. The maximum Gasteiger partial charge on any atom is 0.260 e. The lowest BCUT2D eigenvalue weighted by atomic mass is 10.2. The number of carbonyl (C=O) groups is 1. The number of carbonyl (C=O) groups excluding carboxylic acids is 1. The van der Waals surface area contributed by atoms with Crippen molar-refractivity contribution < 1.29 is 9.53 Å². The van der Waals surface area contributed by atoms with E-state index >= 15 is 0 Å². The molecule has 1 amide bonds. The van der Waals surface area contributed by atoms with Crippen LogP contribution in [0.25, 0.3) is 5.69 Å². The van der Waals surface area contributed by atoms with Gasteiger partial charge < -0.3 is 10.1 Å². The van der Waals surface area contributed by atoms with E-state index in [1.54, 1.807) is 41.1 Å². The van der Waals surface area contributed by atoms with Gasteiger partial charge in [-0.2, -0.15) is 5.10 Å². The Morgan fingerprint density at radius 2 is 1.96 bits per heavy atom. The third-order valence-corrected chi connectivity index (χ3v) is 3.71. The Hall–Kier alpha value is -2.79. The predicted molar refractivity (Wildman–Crippen MR) is 94.3 cm³/mol. The van der Waals surface area contributed by atoms with E-state index in [1.165, 1.54) is 7.11 Å². The van der Waals surface area contributed by atoms with Gasteiger partial charge in [-0.25, -0.2) is 4.68 Å². The molecule has 6 heteroatoms. The maximum absolute atomic E-state index is 12.6. The minimum atomic E-state index is -0.268. The Morgan fingerprint density at radius 1 is 1.17 bits per heavy atom. The van der Waals surface area contributed by atoms with Gasteiger partial charge in [0.15, 0.2) is 0 Å². The zero-order chi connectivity index (χ0) is 17.1. The van der Waals surface area contributed by atoms with Crippen molar-refractivity contribution in [3.8, 4) is 11.4 Å². The summed E-state index contributed by atoms with van der Waals surface area (Å²) < 4.78 is 6.89. The largest absolute Gasteiger partial charge is 0.496 e. The summed E-state index contributed by atoms with van der Waals surface area (Å²) in [6.07, 6.45) is 0. The molecule has 0 aliphatic rings. The summed E-state index contributed by atoms with van der Waals surface area (Å²) in [5.74, 6) is 0.807. The fourth-order valence-electron chi connectivity index (χ4n) is 2.41. The second-order valence-electron chi connectivity index (χ2n) is 5.22. The molecule has 1 aromatic heterocycles. The molecule has 2 aromatic carbocycles.